The van der Waals surface area contributed by atoms with Gasteiger partial charge in [0.2, 0.25) is 5.91 Å². The molecule has 1 saturated heterocycles. The van der Waals surface area contributed by atoms with E-state index in [1.165, 1.54) is 10.7 Å². The number of halogens is 3. The van der Waals surface area contributed by atoms with E-state index in [1.54, 1.807) is 55.1 Å². The van der Waals surface area contributed by atoms with Crippen LogP contribution in [0.5, 0.6) is 0 Å². The minimum atomic E-state index is -4.58. The van der Waals surface area contributed by atoms with Crippen LogP contribution in [0.15, 0.2) is 48.5 Å². The molecule has 9 heteroatoms. The molecule has 0 spiro atoms. The summed E-state index contributed by atoms with van der Waals surface area (Å²) in [5.41, 5.74) is 2.12. The van der Waals surface area contributed by atoms with Crippen molar-refractivity contribution < 1.29 is 22.8 Å². The van der Waals surface area contributed by atoms with Gasteiger partial charge in [-0.2, -0.15) is 18.3 Å². The lowest BCUT2D eigenvalue weighted by Gasteiger charge is -2.16. The molecule has 0 unspecified atom stereocenters. The fourth-order valence-corrected chi connectivity index (χ4v) is 4.14. The van der Waals surface area contributed by atoms with Crippen molar-refractivity contribution in [2.45, 2.75) is 46.0 Å². The van der Waals surface area contributed by atoms with Gasteiger partial charge in [0.15, 0.2) is 0 Å². The van der Waals surface area contributed by atoms with Crippen LogP contribution in [0.3, 0.4) is 0 Å². The second kappa shape index (κ2) is 9.32. The van der Waals surface area contributed by atoms with Gasteiger partial charge in [0.05, 0.1) is 16.9 Å². The summed E-state index contributed by atoms with van der Waals surface area (Å²) in [6.07, 6.45) is -3.18. The summed E-state index contributed by atoms with van der Waals surface area (Å²) < 4.78 is 42.8. The Hall–Kier alpha value is -3.62. The second-order valence-corrected chi connectivity index (χ2v) is 8.48. The highest BCUT2D eigenvalue weighted by molar-refractivity contribution is 5.94. The fourth-order valence-electron chi connectivity index (χ4n) is 4.14. The maximum absolute atomic E-state index is 13.8. The molecule has 1 aromatic heterocycles. The first-order valence-electron chi connectivity index (χ1n) is 11.0. The van der Waals surface area contributed by atoms with Crippen molar-refractivity contribution in [1.29, 1.82) is 0 Å². The molecule has 4 rings (SSSR count). The molecule has 178 valence electrons. The van der Waals surface area contributed by atoms with Crippen molar-refractivity contribution >= 4 is 11.8 Å². The molecule has 1 aliphatic heterocycles. The first-order chi connectivity index (χ1) is 16.1. The lowest BCUT2D eigenvalue weighted by molar-refractivity contribution is -0.138. The smallest absolute Gasteiger partial charge is 0.348 e. The summed E-state index contributed by atoms with van der Waals surface area (Å²) in [7, 11) is 0. The number of likely N-dealkylation sites (tertiary alicyclic amines) is 1. The minimum absolute atomic E-state index is 0.0321. The van der Waals surface area contributed by atoms with E-state index in [0.717, 1.165) is 30.3 Å². The van der Waals surface area contributed by atoms with Gasteiger partial charge in [0.25, 0.3) is 5.91 Å². The van der Waals surface area contributed by atoms with Crippen LogP contribution in [0.4, 0.5) is 13.2 Å². The number of alkyl halides is 3. The number of carbonyl (C=O) groups is 2. The molecule has 34 heavy (non-hydrogen) atoms. The molecule has 1 aliphatic rings. The quantitative estimate of drug-likeness (QED) is 0.574. The van der Waals surface area contributed by atoms with E-state index >= 15 is 0 Å². The summed E-state index contributed by atoms with van der Waals surface area (Å²) in [4.78, 5) is 26.1. The molecular weight excluding hydrogens is 445 g/mol. The highest BCUT2D eigenvalue weighted by atomic mass is 19.4. The van der Waals surface area contributed by atoms with Crippen LogP contribution in [-0.4, -0.2) is 33.0 Å². The molecule has 0 bridgehead atoms. The maximum atomic E-state index is 13.8. The van der Waals surface area contributed by atoms with E-state index in [0.29, 0.717) is 29.9 Å². The minimum Gasteiger partial charge on any atom is -0.348 e. The molecule has 3 aromatic rings. The van der Waals surface area contributed by atoms with Crippen molar-refractivity contribution in [2.75, 3.05) is 6.54 Å². The lowest BCUT2D eigenvalue weighted by Crippen LogP contribution is -2.25. The predicted octanol–water partition coefficient (Wildman–Crippen LogP) is 4.56. The van der Waals surface area contributed by atoms with Crippen molar-refractivity contribution in [1.82, 2.24) is 20.0 Å². The van der Waals surface area contributed by atoms with Crippen molar-refractivity contribution in [3.63, 3.8) is 0 Å². The number of nitrogens with zero attached hydrogens (tertiary/aromatic N) is 3. The maximum Gasteiger partial charge on any atom is 0.416 e. The van der Waals surface area contributed by atoms with Gasteiger partial charge in [-0.1, -0.05) is 18.2 Å². The van der Waals surface area contributed by atoms with Crippen molar-refractivity contribution in [3.8, 4) is 5.69 Å². The normalized spacial score (nSPS) is 14.0. The Morgan fingerprint density at radius 1 is 1.09 bits per heavy atom. The number of rotatable bonds is 6. The monoisotopic (exact) mass is 470 g/mol. The van der Waals surface area contributed by atoms with Gasteiger partial charge in [0.1, 0.15) is 0 Å². The van der Waals surface area contributed by atoms with Gasteiger partial charge >= 0.3 is 6.18 Å². The van der Waals surface area contributed by atoms with Crippen LogP contribution in [0.25, 0.3) is 5.69 Å². The highest BCUT2D eigenvalue weighted by Gasteiger charge is 2.34. The third-order valence-electron chi connectivity index (χ3n) is 5.85. The Kier molecular flexibility index (Phi) is 6.45. The lowest BCUT2D eigenvalue weighted by atomic mass is 10.1. The summed E-state index contributed by atoms with van der Waals surface area (Å²) in [6, 6.07) is 12.5. The van der Waals surface area contributed by atoms with E-state index < -0.39 is 17.6 Å². The SMILES string of the molecule is Cc1cc(C)n(-c2ccc(CNC(=O)c3ccc(CN4CCCC4=O)cc3)c(C(F)(F)F)c2)n1. The number of benzene rings is 2. The van der Waals surface area contributed by atoms with E-state index in [4.69, 9.17) is 0 Å². The molecule has 1 N–H and O–H groups in total. The Morgan fingerprint density at radius 2 is 1.82 bits per heavy atom. The molecule has 2 amide bonds. The third-order valence-corrected chi connectivity index (χ3v) is 5.85. The highest BCUT2D eigenvalue weighted by Crippen LogP contribution is 2.33. The summed E-state index contributed by atoms with van der Waals surface area (Å²) in [6.45, 7) is 4.49. The topological polar surface area (TPSA) is 67.2 Å². The van der Waals surface area contributed by atoms with Gasteiger partial charge in [-0.05, 0) is 61.7 Å². The van der Waals surface area contributed by atoms with E-state index in [1.807, 2.05) is 0 Å². The number of hydrogen-bond donors (Lipinski definition) is 1. The van der Waals surface area contributed by atoms with Crippen molar-refractivity contribution in [3.05, 3.63) is 82.2 Å². The first-order valence-corrected chi connectivity index (χ1v) is 11.0. The average Bonchev–Trinajstić information content (AvgIpc) is 3.35. The molecule has 2 heterocycles. The number of aromatic nitrogens is 2. The van der Waals surface area contributed by atoms with Crippen LogP contribution >= 0.6 is 0 Å². The van der Waals surface area contributed by atoms with Gasteiger partial charge in [-0.15, -0.1) is 0 Å². The summed E-state index contributed by atoms with van der Waals surface area (Å²) in [5.74, 6) is -0.356. The number of carbonyl (C=O) groups excluding carboxylic acids is 2. The second-order valence-electron chi connectivity index (χ2n) is 8.48. The number of hydrogen-bond acceptors (Lipinski definition) is 3. The van der Waals surface area contributed by atoms with E-state index in [-0.39, 0.29) is 18.0 Å². The van der Waals surface area contributed by atoms with Gasteiger partial charge < -0.3 is 10.2 Å². The van der Waals surface area contributed by atoms with Crippen molar-refractivity contribution in [2.24, 2.45) is 0 Å². The molecule has 2 aromatic carbocycles. The number of nitrogens with one attached hydrogen (secondary N) is 1. The molecular formula is C25H25F3N4O2. The number of amides is 2. The Bertz CT molecular complexity index is 1220. The van der Waals surface area contributed by atoms with Crippen LogP contribution < -0.4 is 5.32 Å². The predicted molar refractivity (Wildman–Crippen MR) is 120 cm³/mol. The summed E-state index contributed by atoms with van der Waals surface area (Å²) in [5, 5.41) is 6.82. The fraction of sp³-hybridized carbons (Fsp3) is 0.320. The zero-order valence-corrected chi connectivity index (χ0v) is 18.9. The standard InChI is InChI=1S/C25H25F3N4O2/c1-16-12-17(2)32(30-16)21-10-9-20(22(13-21)25(26,27)28)14-29-24(34)19-7-5-18(6-8-19)15-31-11-3-4-23(31)33/h5-10,12-13H,3-4,11,14-15H2,1-2H3,(H,29,34). The largest absolute Gasteiger partial charge is 0.416 e. The Morgan fingerprint density at radius 3 is 2.41 bits per heavy atom. The van der Waals surface area contributed by atoms with E-state index in [9.17, 15) is 22.8 Å². The molecule has 0 saturated carbocycles. The van der Waals surface area contributed by atoms with Gasteiger partial charge in [-0.3, -0.25) is 9.59 Å². The van der Waals surface area contributed by atoms with Crippen LogP contribution in [0, 0.1) is 13.8 Å². The Labute approximate surface area is 195 Å². The molecule has 0 aliphatic carbocycles. The molecule has 6 nitrogen and oxygen atoms in total. The number of aryl methyl sites for hydroxylation is 2. The summed E-state index contributed by atoms with van der Waals surface area (Å²) >= 11 is 0. The molecule has 0 radical (unpaired) electrons. The van der Waals surface area contributed by atoms with Crippen LogP contribution in [-0.2, 0) is 24.1 Å². The zero-order chi connectivity index (χ0) is 24.5. The Balaban J connectivity index is 1.46. The first kappa shape index (κ1) is 23.5. The van der Waals surface area contributed by atoms with Crippen LogP contribution in [0.1, 0.15) is 51.3 Å². The molecule has 1 fully saturated rings. The average molecular weight is 470 g/mol. The zero-order valence-electron chi connectivity index (χ0n) is 18.9. The molecule has 0 atom stereocenters. The van der Waals surface area contributed by atoms with E-state index in [2.05, 4.69) is 10.4 Å². The third kappa shape index (κ3) is 5.13. The van der Waals surface area contributed by atoms with Gasteiger partial charge in [-0.25, -0.2) is 4.68 Å². The van der Waals surface area contributed by atoms with Gasteiger partial charge in [0, 0.05) is 37.3 Å². The van der Waals surface area contributed by atoms with Crippen LogP contribution in [0.2, 0.25) is 0 Å².